The highest BCUT2D eigenvalue weighted by atomic mass is 19.1. The molecule has 0 bridgehead atoms. The first-order valence-corrected chi connectivity index (χ1v) is 13.1. The highest BCUT2D eigenvalue weighted by Gasteiger charge is 2.29. The Labute approximate surface area is 215 Å². The zero-order valence-electron chi connectivity index (χ0n) is 21.1. The third-order valence-corrected chi connectivity index (χ3v) is 7.35. The van der Waals surface area contributed by atoms with Crippen molar-refractivity contribution in [3.05, 3.63) is 59.9 Å². The standard InChI is InChI=1S/C28H31FN8/c1-3-17-6-7-23(29)35-26(17)36-24-12-19(8-11-32-24)27-34-22-15-31-14-20(18-4-5-18)25(22)28(37-27)33-21-9-10-30-13-16(21)2/h6-8,11-12,14-16,18,21,30H,3-5,9-10,13H2,1-2H3,(H,32,35,36)(H,33,34,37)/t16-,21-/m0/s1. The summed E-state index contributed by atoms with van der Waals surface area (Å²) in [6, 6.07) is 7.21. The van der Waals surface area contributed by atoms with Crippen LogP contribution in [-0.2, 0) is 6.42 Å². The molecule has 1 aliphatic carbocycles. The smallest absolute Gasteiger partial charge is 0.214 e. The molecule has 9 heteroatoms. The molecule has 1 aliphatic heterocycles. The van der Waals surface area contributed by atoms with Gasteiger partial charge in [0.15, 0.2) is 5.82 Å². The Morgan fingerprint density at radius 2 is 1.95 bits per heavy atom. The molecular formula is C28H31FN8. The van der Waals surface area contributed by atoms with E-state index in [0.717, 1.165) is 53.8 Å². The van der Waals surface area contributed by atoms with Crippen molar-refractivity contribution in [2.24, 2.45) is 5.92 Å². The van der Waals surface area contributed by atoms with Crippen LogP contribution in [-0.4, -0.2) is 44.1 Å². The highest BCUT2D eigenvalue weighted by Crippen LogP contribution is 2.44. The van der Waals surface area contributed by atoms with Gasteiger partial charge in [0.25, 0.3) is 0 Å². The maximum atomic E-state index is 13.8. The monoisotopic (exact) mass is 498 g/mol. The highest BCUT2D eigenvalue weighted by molar-refractivity contribution is 5.93. The molecule has 0 radical (unpaired) electrons. The topological polar surface area (TPSA) is 101 Å². The molecule has 1 saturated carbocycles. The van der Waals surface area contributed by atoms with E-state index in [2.05, 4.69) is 37.8 Å². The molecule has 37 heavy (non-hydrogen) atoms. The zero-order chi connectivity index (χ0) is 25.4. The summed E-state index contributed by atoms with van der Waals surface area (Å²) in [7, 11) is 0. The van der Waals surface area contributed by atoms with E-state index in [9.17, 15) is 4.39 Å². The van der Waals surface area contributed by atoms with Crippen LogP contribution >= 0.6 is 0 Å². The number of aryl methyl sites for hydroxylation is 1. The lowest BCUT2D eigenvalue weighted by atomic mass is 9.95. The molecule has 4 aromatic rings. The molecule has 2 atom stereocenters. The molecule has 0 aromatic carbocycles. The summed E-state index contributed by atoms with van der Waals surface area (Å²) in [5.74, 6) is 2.97. The van der Waals surface area contributed by atoms with Crippen molar-refractivity contribution >= 4 is 28.4 Å². The number of hydrogen-bond donors (Lipinski definition) is 3. The summed E-state index contributed by atoms with van der Waals surface area (Å²) < 4.78 is 13.8. The predicted octanol–water partition coefficient (Wildman–Crippen LogP) is 5.21. The molecule has 0 unspecified atom stereocenters. The Bertz CT molecular complexity index is 1440. The van der Waals surface area contributed by atoms with Crippen molar-refractivity contribution in [3.8, 4) is 11.4 Å². The van der Waals surface area contributed by atoms with Crippen LogP contribution in [0.3, 0.4) is 0 Å². The van der Waals surface area contributed by atoms with Gasteiger partial charge in [-0.05, 0) is 79.9 Å². The van der Waals surface area contributed by atoms with Crippen LogP contribution in [0.1, 0.15) is 50.2 Å². The quantitative estimate of drug-likeness (QED) is 0.299. The number of nitrogens with zero attached hydrogens (tertiary/aromatic N) is 5. The number of halogens is 1. The molecule has 0 amide bonds. The molecule has 1 saturated heterocycles. The largest absolute Gasteiger partial charge is 0.366 e. The van der Waals surface area contributed by atoms with E-state index in [0.29, 0.717) is 35.3 Å². The van der Waals surface area contributed by atoms with Gasteiger partial charge in [0, 0.05) is 29.4 Å². The third kappa shape index (κ3) is 4.96. The maximum absolute atomic E-state index is 13.8. The van der Waals surface area contributed by atoms with Gasteiger partial charge in [0.2, 0.25) is 5.95 Å². The van der Waals surface area contributed by atoms with Crippen molar-refractivity contribution in [1.29, 1.82) is 0 Å². The average Bonchev–Trinajstić information content (AvgIpc) is 3.75. The van der Waals surface area contributed by atoms with Crippen LogP contribution in [0.5, 0.6) is 0 Å². The lowest BCUT2D eigenvalue weighted by Crippen LogP contribution is -2.42. The van der Waals surface area contributed by atoms with Gasteiger partial charge in [0.1, 0.15) is 17.5 Å². The summed E-state index contributed by atoms with van der Waals surface area (Å²) in [5, 5.41) is 11.5. The number of aromatic nitrogens is 5. The van der Waals surface area contributed by atoms with Crippen LogP contribution in [0.2, 0.25) is 0 Å². The number of nitrogens with one attached hydrogen (secondary N) is 3. The van der Waals surface area contributed by atoms with Crippen LogP contribution in [0.15, 0.2) is 42.9 Å². The fourth-order valence-electron chi connectivity index (χ4n) is 5.07. The van der Waals surface area contributed by atoms with Gasteiger partial charge >= 0.3 is 0 Å². The number of pyridine rings is 3. The van der Waals surface area contributed by atoms with Crippen LogP contribution in [0.25, 0.3) is 22.3 Å². The second kappa shape index (κ2) is 9.97. The van der Waals surface area contributed by atoms with Crippen molar-refractivity contribution in [2.75, 3.05) is 23.7 Å². The van der Waals surface area contributed by atoms with Crippen molar-refractivity contribution in [3.63, 3.8) is 0 Å². The summed E-state index contributed by atoms with van der Waals surface area (Å²) in [6.07, 6.45) is 9.63. The summed E-state index contributed by atoms with van der Waals surface area (Å²) in [4.78, 5) is 23.0. The third-order valence-electron chi connectivity index (χ3n) is 7.35. The number of fused-ring (bicyclic) bond motifs is 1. The second-order valence-electron chi connectivity index (χ2n) is 10.1. The molecule has 6 rings (SSSR count). The average molecular weight is 499 g/mol. The first-order chi connectivity index (χ1) is 18.1. The Hall–Kier alpha value is -3.72. The van der Waals surface area contributed by atoms with E-state index < -0.39 is 5.95 Å². The first-order valence-electron chi connectivity index (χ1n) is 13.1. The SMILES string of the molecule is CCc1ccc(F)nc1Nc1cc(-c2nc(N[C@H]3CCNC[C@@H]3C)c3c(C4CC4)cncc3n2)ccn1. The van der Waals surface area contributed by atoms with E-state index in [4.69, 9.17) is 9.97 Å². The summed E-state index contributed by atoms with van der Waals surface area (Å²) in [6.45, 7) is 6.25. The Balaban J connectivity index is 1.40. The first kappa shape index (κ1) is 23.7. The Morgan fingerprint density at radius 3 is 2.76 bits per heavy atom. The van der Waals surface area contributed by atoms with Gasteiger partial charge < -0.3 is 16.0 Å². The number of rotatable bonds is 7. The molecule has 0 spiro atoms. The van der Waals surface area contributed by atoms with Crippen molar-refractivity contribution in [2.45, 2.75) is 51.5 Å². The molecule has 2 aliphatic rings. The van der Waals surface area contributed by atoms with Crippen molar-refractivity contribution in [1.82, 2.24) is 30.2 Å². The molecule has 5 heterocycles. The lowest BCUT2D eigenvalue weighted by molar-refractivity contribution is 0.368. The van der Waals surface area contributed by atoms with E-state index in [-0.39, 0.29) is 0 Å². The van der Waals surface area contributed by atoms with Gasteiger partial charge in [-0.2, -0.15) is 4.39 Å². The summed E-state index contributed by atoms with van der Waals surface area (Å²) >= 11 is 0. The van der Waals surface area contributed by atoms with E-state index >= 15 is 0 Å². The molecule has 4 aromatic heterocycles. The minimum absolute atomic E-state index is 0.327. The van der Waals surface area contributed by atoms with Crippen LogP contribution in [0, 0.1) is 11.9 Å². The number of anilines is 3. The fraction of sp³-hybridized carbons (Fsp3) is 0.393. The Morgan fingerprint density at radius 1 is 1.05 bits per heavy atom. The molecule has 3 N–H and O–H groups in total. The van der Waals surface area contributed by atoms with Crippen LogP contribution in [0.4, 0.5) is 21.8 Å². The normalized spacial score (nSPS) is 19.6. The summed E-state index contributed by atoms with van der Waals surface area (Å²) in [5.41, 5.74) is 3.79. The fourth-order valence-corrected chi connectivity index (χ4v) is 5.07. The molecule has 8 nitrogen and oxygen atoms in total. The lowest BCUT2D eigenvalue weighted by Gasteiger charge is -2.31. The van der Waals surface area contributed by atoms with Gasteiger partial charge in [-0.3, -0.25) is 4.98 Å². The van der Waals surface area contributed by atoms with Gasteiger partial charge in [0.05, 0.1) is 11.7 Å². The minimum atomic E-state index is -0.532. The number of hydrogen-bond acceptors (Lipinski definition) is 8. The van der Waals surface area contributed by atoms with E-state index in [1.165, 1.54) is 24.5 Å². The van der Waals surface area contributed by atoms with Gasteiger partial charge in [-0.1, -0.05) is 19.9 Å². The van der Waals surface area contributed by atoms with E-state index in [1.54, 1.807) is 12.3 Å². The zero-order valence-corrected chi connectivity index (χ0v) is 21.1. The molecule has 2 fully saturated rings. The maximum Gasteiger partial charge on any atom is 0.214 e. The van der Waals surface area contributed by atoms with Crippen molar-refractivity contribution < 1.29 is 4.39 Å². The Kier molecular flexibility index (Phi) is 6.38. The molecule has 190 valence electrons. The molecular weight excluding hydrogens is 467 g/mol. The van der Waals surface area contributed by atoms with Crippen LogP contribution < -0.4 is 16.0 Å². The number of piperidine rings is 1. The van der Waals surface area contributed by atoms with E-state index in [1.807, 2.05) is 31.5 Å². The predicted molar refractivity (Wildman–Crippen MR) is 143 cm³/mol. The van der Waals surface area contributed by atoms with Gasteiger partial charge in [-0.25, -0.2) is 19.9 Å². The second-order valence-corrected chi connectivity index (χ2v) is 10.1. The van der Waals surface area contributed by atoms with Gasteiger partial charge in [-0.15, -0.1) is 0 Å². The minimum Gasteiger partial charge on any atom is -0.366 e.